The molecule has 1 aromatic rings. The molecule has 1 amide bonds. The second-order valence-electron chi connectivity index (χ2n) is 5.92. The van der Waals surface area contributed by atoms with Crippen LogP contribution >= 0.6 is 0 Å². The minimum absolute atomic E-state index is 0.273. The quantitative estimate of drug-likeness (QED) is 0.878. The van der Waals surface area contributed by atoms with Gasteiger partial charge in [-0.2, -0.15) is 0 Å². The van der Waals surface area contributed by atoms with Crippen molar-refractivity contribution < 1.29 is 9.53 Å². The van der Waals surface area contributed by atoms with Crippen molar-refractivity contribution in [2.24, 2.45) is 0 Å². The maximum atomic E-state index is 12.3. The lowest BCUT2D eigenvalue weighted by molar-refractivity contribution is -0.130. The van der Waals surface area contributed by atoms with Gasteiger partial charge in [-0.3, -0.25) is 4.79 Å². The van der Waals surface area contributed by atoms with Gasteiger partial charge in [-0.05, 0) is 56.0 Å². The number of benzene rings is 1. The molecule has 1 aliphatic heterocycles. The van der Waals surface area contributed by atoms with Crippen LogP contribution in [0.2, 0.25) is 0 Å². The minimum Gasteiger partial charge on any atom is -0.494 e. The van der Waals surface area contributed by atoms with Crippen LogP contribution in [0.25, 0.3) is 0 Å². The van der Waals surface area contributed by atoms with E-state index in [1.807, 2.05) is 11.0 Å². The number of hydrogen-bond acceptors (Lipinski definition) is 3. The smallest absolute Gasteiger partial charge is 0.222 e. The first-order valence-corrected chi connectivity index (χ1v) is 8.41. The number of nitrogens with zero attached hydrogens (tertiary/aromatic N) is 1. The van der Waals surface area contributed by atoms with Crippen molar-refractivity contribution in [3.63, 3.8) is 0 Å². The van der Waals surface area contributed by atoms with Crippen LogP contribution < -0.4 is 10.1 Å². The first kappa shape index (κ1) is 16.8. The molecule has 0 saturated carbocycles. The largest absolute Gasteiger partial charge is 0.494 e. The van der Waals surface area contributed by atoms with Gasteiger partial charge in [0.15, 0.2) is 0 Å². The van der Waals surface area contributed by atoms with E-state index in [4.69, 9.17) is 4.74 Å². The second-order valence-corrected chi connectivity index (χ2v) is 5.92. The van der Waals surface area contributed by atoms with E-state index in [2.05, 4.69) is 31.3 Å². The number of carbonyl (C=O) groups excluding carboxylic acids is 1. The molecule has 0 spiro atoms. The van der Waals surface area contributed by atoms with Gasteiger partial charge in [0.25, 0.3) is 0 Å². The Balaban J connectivity index is 1.86. The van der Waals surface area contributed by atoms with E-state index in [0.717, 1.165) is 57.8 Å². The molecule has 22 heavy (non-hydrogen) atoms. The number of amides is 1. The molecule has 1 aromatic carbocycles. The predicted molar refractivity (Wildman–Crippen MR) is 89.4 cm³/mol. The van der Waals surface area contributed by atoms with E-state index in [1.54, 1.807) is 0 Å². The molecular formula is C18H28N2O2. The summed E-state index contributed by atoms with van der Waals surface area (Å²) in [6.07, 6.45) is 3.47. The van der Waals surface area contributed by atoms with Crippen molar-refractivity contribution in [2.75, 3.05) is 32.8 Å². The number of aryl methyl sites for hydroxylation is 2. The van der Waals surface area contributed by atoms with Gasteiger partial charge in [-0.15, -0.1) is 0 Å². The Labute approximate surface area is 133 Å². The standard InChI is InChI=1S/C18H28N2O2/c1-3-13-22-17-7-5-16(15(2)14-17)6-8-18(21)20-11-4-9-19-10-12-20/h5,7,14,19H,3-4,6,8-13H2,1-2H3. The van der Waals surface area contributed by atoms with E-state index in [-0.39, 0.29) is 5.91 Å². The third kappa shape index (κ3) is 5.02. The minimum atomic E-state index is 0.273. The van der Waals surface area contributed by atoms with Crippen LogP contribution in [-0.2, 0) is 11.2 Å². The fourth-order valence-corrected chi connectivity index (χ4v) is 2.75. The normalized spacial score (nSPS) is 15.5. The highest BCUT2D eigenvalue weighted by Crippen LogP contribution is 2.19. The summed E-state index contributed by atoms with van der Waals surface area (Å²) in [7, 11) is 0. The summed E-state index contributed by atoms with van der Waals surface area (Å²) in [5, 5.41) is 3.33. The molecule has 0 atom stereocenters. The number of hydrogen-bond donors (Lipinski definition) is 1. The Hall–Kier alpha value is -1.55. The molecule has 0 aliphatic carbocycles. The molecule has 122 valence electrons. The van der Waals surface area contributed by atoms with Crippen molar-refractivity contribution >= 4 is 5.91 Å². The summed E-state index contributed by atoms with van der Waals surface area (Å²) in [5.41, 5.74) is 2.45. The molecule has 2 rings (SSSR count). The molecule has 4 heteroatoms. The molecule has 0 unspecified atom stereocenters. The monoisotopic (exact) mass is 304 g/mol. The molecule has 1 fully saturated rings. The van der Waals surface area contributed by atoms with Crippen molar-refractivity contribution in [3.8, 4) is 5.75 Å². The van der Waals surface area contributed by atoms with Gasteiger partial charge in [-0.1, -0.05) is 13.0 Å². The summed E-state index contributed by atoms with van der Waals surface area (Å²) < 4.78 is 5.64. The number of rotatable bonds is 6. The van der Waals surface area contributed by atoms with Crippen LogP contribution in [0.5, 0.6) is 5.75 Å². The van der Waals surface area contributed by atoms with E-state index >= 15 is 0 Å². The average Bonchev–Trinajstić information content (AvgIpc) is 2.81. The van der Waals surface area contributed by atoms with E-state index < -0.39 is 0 Å². The van der Waals surface area contributed by atoms with E-state index in [1.165, 1.54) is 11.1 Å². The Bertz CT molecular complexity index is 480. The van der Waals surface area contributed by atoms with Gasteiger partial charge >= 0.3 is 0 Å². The van der Waals surface area contributed by atoms with Crippen molar-refractivity contribution in [3.05, 3.63) is 29.3 Å². The fourth-order valence-electron chi connectivity index (χ4n) is 2.75. The third-order valence-corrected chi connectivity index (χ3v) is 4.09. The van der Waals surface area contributed by atoms with E-state index in [0.29, 0.717) is 6.42 Å². The van der Waals surface area contributed by atoms with Crippen LogP contribution in [0.1, 0.15) is 37.3 Å². The van der Waals surface area contributed by atoms with Crippen LogP contribution in [0, 0.1) is 6.92 Å². The average molecular weight is 304 g/mol. The molecular weight excluding hydrogens is 276 g/mol. The molecule has 1 saturated heterocycles. The lowest BCUT2D eigenvalue weighted by Crippen LogP contribution is -2.34. The molecule has 0 aromatic heterocycles. The maximum Gasteiger partial charge on any atom is 0.222 e. The SMILES string of the molecule is CCCOc1ccc(CCC(=O)N2CCCNCC2)c(C)c1. The second kappa shape index (κ2) is 8.79. The zero-order valence-corrected chi connectivity index (χ0v) is 13.9. The van der Waals surface area contributed by atoms with Crippen molar-refractivity contribution in [2.45, 2.75) is 39.5 Å². The maximum absolute atomic E-state index is 12.3. The number of nitrogens with one attached hydrogen (secondary N) is 1. The summed E-state index contributed by atoms with van der Waals surface area (Å²) >= 11 is 0. The van der Waals surface area contributed by atoms with Crippen molar-refractivity contribution in [1.29, 1.82) is 0 Å². The van der Waals surface area contributed by atoms with E-state index in [9.17, 15) is 4.79 Å². The van der Waals surface area contributed by atoms with Gasteiger partial charge < -0.3 is 15.0 Å². The van der Waals surface area contributed by atoms with Crippen LogP contribution in [0.4, 0.5) is 0 Å². The molecule has 0 radical (unpaired) electrons. The predicted octanol–water partition coefficient (Wildman–Crippen LogP) is 2.54. The number of ether oxygens (including phenoxy) is 1. The van der Waals surface area contributed by atoms with Gasteiger partial charge in [0.05, 0.1) is 6.61 Å². The first-order chi connectivity index (χ1) is 10.7. The zero-order chi connectivity index (χ0) is 15.8. The Morgan fingerprint density at radius 3 is 2.95 bits per heavy atom. The molecule has 1 N–H and O–H groups in total. The highest BCUT2D eigenvalue weighted by atomic mass is 16.5. The lowest BCUT2D eigenvalue weighted by atomic mass is 10.0. The van der Waals surface area contributed by atoms with Crippen LogP contribution in [-0.4, -0.2) is 43.6 Å². The lowest BCUT2D eigenvalue weighted by Gasteiger charge is -2.20. The first-order valence-electron chi connectivity index (χ1n) is 8.41. The number of carbonyl (C=O) groups is 1. The van der Waals surface area contributed by atoms with Crippen LogP contribution in [0.3, 0.4) is 0 Å². The molecule has 0 bridgehead atoms. The highest BCUT2D eigenvalue weighted by molar-refractivity contribution is 5.76. The Morgan fingerprint density at radius 2 is 2.18 bits per heavy atom. The molecule has 1 aliphatic rings. The topological polar surface area (TPSA) is 41.6 Å². The highest BCUT2D eigenvalue weighted by Gasteiger charge is 2.15. The summed E-state index contributed by atoms with van der Waals surface area (Å²) in [6, 6.07) is 6.18. The van der Waals surface area contributed by atoms with Gasteiger partial charge in [0.2, 0.25) is 5.91 Å². The Kier molecular flexibility index (Phi) is 6.72. The van der Waals surface area contributed by atoms with Gasteiger partial charge in [-0.25, -0.2) is 0 Å². The Morgan fingerprint density at radius 1 is 1.32 bits per heavy atom. The fraction of sp³-hybridized carbons (Fsp3) is 0.611. The third-order valence-electron chi connectivity index (χ3n) is 4.09. The van der Waals surface area contributed by atoms with Gasteiger partial charge in [0, 0.05) is 26.1 Å². The van der Waals surface area contributed by atoms with Crippen molar-refractivity contribution in [1.82, 2.24) is 10.2 Å². The summed E-state index contributed by atoms with van der Waals surface area (Å²) in [5.74, 6) is 1.20. The molecule has 1 heterocycles. The molecule has 4 nitrogen and oxygen atoms in total. The van der Waals surface area contributed by atoms with Gasteiger partial charge in [0.1, 0.15) is 5.75 Å². The zero-order valence-electron chi connectivity index (χ0n) is 13.9. The van der Waals surface area contributed by atoms with Crippen LogP contribution in [0.15, 0.2) is 18.2 Å². The summed E-state index contributed by atoms with van der Waals surface area (Å²) in [6.45, 7) is 8.59. The summed E-state index contributed by atoms with van der Waals surface area (Å²) in [4.78, 5) is 14.3.